The fourth-order valence-electron chi connectivity index (χ4n) is 4.12. The number of nitrogens with zero attached hydrogens (tertiary/aromatic N) is 6. The van der Waals surface area contributed by atoms with Crippen LogP contribution in [0.3, 0.4) is 0 Å². The minimum absolute atomic E-state index is 0.109. The molecule has 0 aliphatic carbocycles. The number of benzene rings is 2. The van der Waals surface area contributed by atoms with E-state index >= 15 is 0 Å². The number of likely N-dealkylation sites (N-methyl/N-ethyl adjacent to an activating group) is 1. The summed E-state index contributed by atoms with van der Waals surface area (Å²) in [6.45, 7) is 8.08. The molecule has 4 aromatic rings. The number of carbonyl (C=O) groups is 1. The van der Waals surface area contributed by atoms with E-state index < -0.39 is 11.4 Å². The van der Waals surface area contributed by atoms with Gasteiger partial charge in [-0.25, -0.2) is 13.8 Å². The largest absolute Gasteiger partial charge is 0.369 e. The number of guanidine groups is 1. The first-order chi connectivity index (χ1) is 19.8. The minimum Gasteiger partial charge on any atom is -0.369 e. The zero-order chi connectivity index (χ0) is 30.8. The van der Waals surface area contributed by atoms with Crippen LogP contribution in [0, 0.1) is 23.5 Å². The topological polar surface area (TPSA) is 94.3 Å². The average molecular weight is 701 g/mol. The fraction of sp³-hybridized carbons (Fsp3) is 0.267. The molecule has 218 valence electrons. The zero-order valence-corrected chi connectivity index (χ0v) is 26.8. The van der Waals surface area contributed by atoms with Crippen molar-refractivity contribution < 1.29 is 13.6 Å². The molecule has 0 saturated carbocycles. The van der Waals surface area contributed by atoms with Gasteiger partial charge >= 0.3 is 0 Å². The quantitative estimate of drug-likeness (QED) is 0.258. The highest BCUT2D eigenvalue weighted by atomic mass is 79.9. The van der Waals surface area contributed by atoms with E-state index in [1.165, 1.54) is 17.0 Å². The maximum absolute atomic E-state index is 13.7. The van der Waals surface area contributed by atoms with E-state index in [0.717, 1.165) is 11.1 Å². The summed E-state index contributed by atoms with van der Waals surface area (Å²) in [5.41, 5.74) is 7.27. The molecule has 3 heterocycles. The summed E-state index contributed by atoms with van der Waals surface area (Å²) in [7, 11) is 1.56. The second-order valence-electron chi connectivity index (χ2n) is 10.2. The molecular weight excluding hydrogens is 672 g/mol. The molecule has 42 heavy (non-hydrogen) atoms. The van der Waals surface area contributed by atoms with Crippen molar-refractivity contribution in [1.29, 1.82) is 0 Å². The Labute approximate surface area is 259 Å². The van der Waals surface area contributed by atoms with Gasteiger partial charge in [-0.3, -0.25) is 19.1 Å². The Morgan fingerprint density at radius 2 is 1.40 bits per heavy atom. The van der Waals surface area contributed by atoms with Gasteiger partial charge in [-0.1, -0.05) is 17.9 Å². The maximum atomic E-state index is 13.7. The molecule has 1 atom stereocenters. The monoisotopic (exact) mass is 699 g/mol. The van der Waals surface area contributed by atoms with Crippen molar-refractivity contribution in [2.75, 3.05) is 7.05 Å². The van der Waals surface area contributed by atoms with Gasteiger partial charge in [0.2, 0.25) is 0 Å². The molecule has 0 bridgehead atoms. The van der Waals surface area contributed by atoms with Crippen molar-refractivity contribution in [2.24, 2.45) is 10.7 Å². The van der Waals surface area contributed by atoms with Crippen LogP contribution in [0.25, 0.3) is 0 Å². The number of aliphatic imine (C=N–C) groups is 1. The predicted octanol–water partition coefficient (Wildman–Crippen LogP) is 6.16. The van der Waals surface area contributed by atoms with Gasteiger partial charge in [0.1, 0.15) is 11.6 Å². The van der Waals surface area contributed by atoms with E-state index in [9.17, 15) is 13.6 Å². The van der Waals surface area contributed by atoms with Crippen LogP contribution in [0.15, 0.2) is 75.1 Å². The van der Waals surface area contributed by atoms with Gasteiger partial charge < -0.3 is 5.73 Å². The number of aromatic nitrogens is 4. The van der Waals surface area contributed by atoms with Crippen molar-refractivity contribution in [1.82, 2.24) is 24.5 Å². The Hall–Kier alpha value is -3.82. The summed E-state index contributed by atoms with van der Waals surface area (Å²) in [5, 5.41) is 8.51. The second kappa shape index (κ2) is 12.6. The highest BCUT2D eigenvalue weighted by molar-refractivity contribution is 9.10. The number of halogens is 4. The Morgan fingerprint density at radius 1 is 0.833 bits per heavy atom. The normalized spacial score (nSPS) is 16.3. The summed E-state index contributed by atoms with van der Waals surface area (Å²) < 4.78 is 31.0. The smallest absolute Gasteiger partial charge is 0.266 e. The molecule has 5 rings (SSSR count). The SMILES string of the molecule is CC(C)n1cc(C#Cc2ccc(F)c(Br)c2)cn1.CC(C)n1cc(C2(c3ccc(F)c(Br)c3)N=C(N)N(C)C2=O)cn1. The molecule has 1 aliphatic rings. The number of carbonyl (C=O) groups excluding carboxylic acids is 1. The molecule has 0 fully saturated rings. The number of rotatable bonds is 4. The number of hydrogen-bond acceptors (Lipinski definition) is 5. The molecule has 12 heteroatoms. The van der Waals surface area contributed by atoms with Crippen molar-refractivity contribution in [3.8, 4) is 11.8 Å². The van der Waals surface area contributed by atoms with Crippen molar-refractivity contribution >= 4 is 43.7 Å². The van der Waals surface area contributed by atoms with E-state index in [1.54, 1.807) is 54.6 Å². The van der Waals surface area contributed by atoms with Gasteiger partial charge in [0.05, 0.1) is 26.9 Å². The molecule has 0 saturated heterocycles. The Balaban J connectivity index is 0.000000201. The Bertz CT molecular complexity index is 1720. The van der Waals surface area contributed by atoms with Gasteiger partial charge in [-0.2, -0.15) is 10.2 Å². The van der Waals surface area contributed by atoms with Crippen LogP contribution in [0.5, 0.6) is 0 Å². The van der Waals surface area contributed by atoms with Gasteiger partial charge in [-0.15, -0.1) is 0 Å². The van der Waals surface area contributed by atoms with Crippen LogP contribution in [-0.2, 0) is 10.3 Å². The fourth-order valence-corrected chi connectivity index (χ4v) is 4.87. The first-order valence-corrected chi connectivity index (χ1v) is 14.6. The van der Waals surface area contributed by atoms with Crippen LogP contribution in [0.1, 0.15) is 62.0 Å². The molecule has 1 unspecified atom stereocenters. The van der Waals surface area contributed by atoms with E-state index in [2.05, 4.69) is 72.7 Å². The van der Waals surface area contributed by atoms with Gasteiger partial charge in [0.25, 0.3) is 5.91 Å². The maximum Gasteiger partial charge on any atom is 0.266 e. The van der Waals surface area contributed by atoms with Crippen LogP contribution in [-0.4, -0.2) is 43.4 Å². The molecule has 2 aromatic carbocycles. The lowest BCUT2D eigenvalue weighted by Crippen LogP contribution is -2.41. The van der Waals surface area contributed by atoms with Gasteiger partial charge in [-0.05, 0) is 95.5 Å². The Morgan fingerprint density at radius 3 is 1.93 bits per heavy atom. The highest BCUT2D eigenvalue weighted by Crippen LogP contribution is 2.40. The summed E-state index contributed by atoms with van der Waals surface area (Å²) in [6, 6.07) is 9.55. The lowest BCUT2D eigenvalue weighted by atomic mass is 9.84. The van der Waals surface area contributed by atoms with E-state index in [-0.39, 0.29) is 28.2 Å². The molecule has 0 spiro atoms. The average Bonchev–Trinajstić information content (AvgIpc) is 3.68. The van der Waals surface area contributed by atoms with Crippen LogP contribution in [0.4, 0.5) is 8.78 Å². The lowest BCUT2D eigenvalue weighted by Gasteiger charge is -2.24. The van der Waals surface area contributed by atoms with Crippen molar-refractivity contribution in [3.05, 3.63) is 104 Å². The molecule has 2 N–H and O–H groups in total. The third kappa shape index (κ3) is 6.32. The summed E-state index contributed by atoms with van der Waals surface area (Å²) >= 11 is 6.30. The predicted molar refractivity (Wildman–Crippen MR) is 165 cm³/mol. The van der Waals surface area contributed by atoms with E-state index in [4.69, 9.17) is 5.73 Å². The molecule has 0 radical (unpaired) electrons. The van der Waals surface area contributed by atoms with Crippen molar-refractivity contribution in [2.45, 2.75) is 45.3 Å². The first-order valence-electron chi connectivity index (χ1n) is 13.0. The standard InChI is InChI=1S/C16H17BrFN5O.C14H12BrFN2/c1-9(2)23-8-11(7-20-23)16(14(24)22(3)15(19)21-16)10-4-5-13(18)12(17)6-10;1-10(2)18-9-12(8-17-18)4-3-11-5-6-14(16)13(15)7-11/h4-9H,1-3H3,(H2,19,21);5-10H,1-2H3. The minimum atomic E-state index is -1.36. The highest BCUT2D eigenvalue weighted by Gasteiger charge is 2.50. The van der Waals surface area contributed by atoms with Crippen LogP contribution < -0.4 is 5.73 Å². The number of hydrogen-bond donors (Lipinski definition) is 1. The van der Waals surface area contributed by atoms with Crippen molar-refractivity contribution in [3.63, 3.8) is 0 Å². The lowest BCUT2D eigenvalue weighted by molar-refractivity contribution is -0.129. The van der Waals surface area contributed by atoms with Crippen LogP contribution in [0.2, 0.25) is 0 Å². The molecule has 1 aliphatic heterocycles. The molecule has 1 amide bonds. The zero-order valence-electron chi connectivity index (χ0n) is 23.6. The van der Waals surface area contributed by atoms with Gasteiger partial charge in [0.15, 0.2) is 11.5 Å². The summed E-state index contributed by atoms with van der Waals surface area (Å²) in [4.78, 5) is 18.7. The summed E-state index contributed by atoms with van der Waals surface area (Å²) in [6.07, 6.45) is 7.00. The van der Waals surface area contributed by atoms with E-state index in [1.807, 2.05) is 24.7 Å². The number of amides is 1. The third-order valence-electron chi connectivity index (χ3n) is 6.53. The first kappa shape index (κ1) is 31.1. The van der Waals surface area contributed by atoms with E-state index in [0.29, 0.717) is 21.6 Å². The molecule has 8 nitrogen and oxygen atoms in total. The summed E-state index contributed by atoms with van der Waals surface area (Å²) in [5.74, 6) is 5.09. The number of nitrogens with two attached hydrogens (primary N) is 1. The van der Waals surface area contributed by atoms with Gasteiger partial charge in [0, 0.05) is 42.7 Å². The molecule has 2 aromatic heterocycles. The van der Waals surface area contributed by atoms with Crippen LogP contribution >= 0.6 is 31.9 Å². The Kier molecular flexibility index (Phi) is 9.33. The molecular formula is C30H29Br2F2N7O. The second-order valence-corrected chi connectivity index (χ2v) is 11.9. The third-order valence-corrected chi connectivity index (χ3v) is 7.74.